The van der Waals surface area contributed by atoms with E-state index in [4.69, 9.17) is 14.9 Å². The Kier molecular flexibility index (Phi) is 9.41. The maximum atomic E-state index is 13.7. The first-order valence-corrected chi connectivity index (χ1v) is 13.2. The molecule has 0 aliphatic carbocycles. The number of rotatable bonds is 6. The number of anilines is 1. The van der Waals surface area contributed by atoms with Crippen molar-refractivity contribution in [3.8, 4) is 22.5 Å². The van der Waals surface area contributed by atoms with E-state index in [1.54, 1.807) is 30.1 Å². The molecule has 0 amide bonds. The van der Waals surface area contributed by atoms with Gasteiger partial charge >= 0.3 is 12.1 Å². The van der Waals surface area contributed by atoms with Gasteiger partial charge in [-0.3, -0.25) is 14.2 Å². The summed E-state index contributed by atoms with van der Waals surface area (Å²) >= 11 is 0. The molecule has 3 N–H and O–H groups in total. The Morgan fingerprint density at radius 2 is 1.69 bits per heavy atom. The molecule has 1 aliphatic rings. The van der Waals surface area contributed by atoms with Crippen molar-refractivity contribution in [3.05, 3.63) is 88.6 Å². The van der Waals surface area contributed by atoms with Gasteiger partial charge in [-0.25, -0.2) is 19.2 Å². The van der Waals surface area contributed by atoms with Gasteiger partial charge < -0.3 is 15.7 Å². The summed E-state index contributed by atoms with van der Waals surface area (Å²) in [6, 6.07) is 18.2. The number of aliphatic carboxylic acids is 1. The van der Waals surface area contributed by atoms with Crippen LogP contribution >= 0.6 is 0 Å². The van der Waals surface area contributed by atoms with Crippen LogP contribution in [0.15, 0.2) is 71.7 Å². The lowest BCUT2D eigenvalue weighted by Crippen LogP contribution is -2.33. The van der Waals surface area contributed by atoms with Crippen molar-refractivity contribution >= 4 is 11.9 Å². The predicted molar refractivity (Wildman–Crippen MR) is 149 cm³/mol. The molecule has 42 heavy (non-hydrogen) atoms. The molecule has 0 spiro atoms. The molecule has 1 fully saturated rings. The number of alkyl halides is 3. The number of halogens is 4. The summed E-state index contributed by atoms with van der Waals surface area (Å²) in [5, 5.41) is 13.9. The fourth-order valence-corrected chi connectivity index (χ4v) is 4.81. The van der Waals surface area contributed by atoms with Crippen LogP contribution in [0.5, 0.6) is 0 Å². The molecule has 2 aromatic carbocycles. The topological polar surface area (TPSA) is 114 Å². The van der Waals surface area contributed by atoms with E-state index < -0.39 is 12.1 Å². The molecule has 222 valence electrons. The molecule has 13 heteroatoms. The van der Waals surface area contributed by atoms with Gasteiger partial charge in [0.15, 0.2) is 0 Å². The zero-order valence-electron chi connectivity index (χ0n) is 22.9. The van der Waals surface area contributed by atoms with E-state index in [1.807, 2.05) is 24.3 Å². The Hall–Kier alpha value is -4.52. The fraction of sp³-hybridized carbons (Fsp3) is 0.310. The van der Waals surface area contributed by atoms with Crippen molar-refractivity contribution < 1.29 is 27.5 Å². The Labute approximate surface area is 238 Å². The highest BCUT2D eigenvalue weighted by atomic mass is 19.4. The van der Waals surface area contributed by atoms with Gasteiger partial charge in [-0.15, -0.1) is 0 Å². The SMILES string of the molecule is C[C@H](Nc1nccc(-c2c(-c3ccc(F)cc3)c(=O)n(C)n2C2CCNCC2)n1)c1ccccc1.O=C(O)C(F)(F)F. The Balaban J connectivity index is 0.000000517. The van der Waals surface area contributed by atoms with Crippen LogP contribution in [0.4, 0.5) is 23.5 Å². The van der Waals surface area contributed by atoms with E-state index in [0.29, 0.717) is 22.8 Å². The number of aromatic nitrogens is 4. The first-order chi connectivity index (χ1) is 20.0. The van der Waals surface area contributed by atoms with E-state index in [-0.39, 0.29) is 23.5 Å². The second kappa shape index (κ2) is 13.0. The van der Waals surface area contributed by atoms with Crippen molar-refractivity contribution in [1.82, 2.24) is 24.6 Å². The van der Waals surface area contributed by atoms with E-state index in [2.05, 4.69) is 39.4 Å². The number of carboxylic acid groups (broad SMARTS) is 1. The quantitative estimate of drug-likeness (QED) is 0.267. The predicted octanol–water partition coefficient (Wildman–Crippen LogP) is 5.18. The van der Waals surface area contributed by atoms with Crippen LogP contribution in [0.3, 0.4) is 0 Å². The normalized spacial score (nSPS) is 14.5. The maximum absolute atomic E-state index is 13.7. The summed E-state index contributed by atoms with van der Waals surface area (Å²) < 4.78 is 49.2. The summed E-state index contributed by atoms with van der Waals surface area (Å²) in [4.78, 5) is 31.7. The number of hydrogen-bond donors (Lipinski definition) is 3. The number of carboxylic acids is 1. The molecule has 4 aromatic rings. The van der Waals surface area contributed by atoms with Gasteiger partial charge in [0.05, 0.1) is 29.0 Å². The van der Waals surface area contributed by atoms with Gasteiger partial charge in [0.25, 0.3) is 5.56 Å². The third kappa shape index (κ3) is 7.03. The Morgan fingerprint density at radius 1 is 1.07 bits per heavy atom. The minimum absolute atomic E-state index is 0.00500. The highest BCUT2D eigenvalue weighted by Crippen LogP contribution is 2.34. The molecular formula is C29H30F4N6O3. The van der Waals surface area contributed by atoms with Crippen molar-refractivity contribution in [2.45, 2.75) is 38.0 Å². The molecule has 3 heterocycles. The maximum Gasteiger partial charge on any atom is 0.490 e. The van der Waals surface area contributed by atoms with Gasteiger partial charge in [-0.05, 0) is 62.2 Å². The summed E-state index contributed by atoms with van der Waals surface area (Å²) in [7, 11) is 1.79. The van der Waals surface area contributed by atoms with Gasteiger partial charge in [0.1, 0.15) is 5.82 Å². The number of carbonyl (C=O) groups is 1. The molecule has 0 unspecified atom stereocenters. The average Bonchev–Trinajstić information content (AvgIpc) is 3.24. The summed E-state index contributed by atoms with van der Waals surface area (Å²) in [6.45, 7) is 3.82. The number of nitrogens with one attached hydrogen (secondary N) is 2. The van der Waals surface area contributed by atoms with Gasteiger partial charge in [-0.2, -0.15) is 13.2 Å². The van der Waals surface area contributed by atoms with Crippen LogP contribution in [0.2, 0.25) is 0 Å². The summed E-state index contributed by atoms with van der Waals surface area (Å²) in [6.07, 6.45) is -1.57. The van der Waals surface area contributed by atoms with Crippen LogP contribution in [-0.2, 0) is 11.8 Å². The number of nitrogens with zero attached hydrogens (tertiary/aromatic N) is 4. The van der Waals surface area contributed by atoms with E-state index in [9.17, 15) is 22.4 Å². The van der Waals surface area contributed by atoms with Gasteiger partial charge in [0.2, 0.25) is 5.95 Å². The van der Waals surface area contributed by atoms with E-state index >= 15 is 0 Å². The van der Waals surface area contributed by atoms with Crippen LogP contribution in [0.1, 0.15) is 37.4 Å². The van der Waals surface area contributed by atoms with E-state index in [0.717, 1.165) is 37.2 Å². The molecule has 1 atom stereocenters. The van der Waals surface area contributed by atoms with Crippen LogP contribution in [0.25, 0.3) is 22.5 Å². The lowest BCUT2D eigenvalue weighted by atomic mass is 10.0. The lowest BCUT2D eigenvalue weighted by Gasteiger charge is -2.27. The second-order valence-electron chi connectivity index (χ2n) is 9.73. The molecule has 0 radical (unpaired) electrons. The van der Waals surface area contributed by atoms with Crippen molar-refractivity contribution in [2.75, 3.05) is 18.4 Å². The lowest BCUT2D eigenvalue weighted by molar-refractivity contribution is -0.192. The first kappa shape index (κ1) is 30.4. The monoisotopic (exact) mass is 586 g/mol. The molecule has 1 aliphatic heterocycles. The zero-order chi connectivity index (χ0) is 30.4. The van der Waals surface area contributed by atoms with Crippen LogP contribution in [0, 0.1) is 5.82 Å². The smallest absolute Gasteiger partial charge is 0.475 e. The third-order valence-corrected chi connectivity index (χ3v) is 6.87. The molecule has 0 saturated carbocycles. The Morgan fingerprint density at radius 3 is 2.29 bits per heavy atom. The van der Waals surface area contributed by atoms with E-state index in [1.165, 1.54) is 12.1 Å². The van der Waals surface area contributed by atoms with Crippen molar-refractivity contribution in [3.63, 3.8) is 0 Å². The zero-order valence-corrected chi connectivity index (χ0v) is 22.9. The standard InChI is InChI=1S/C27H29FN6O.C2HF3O2/c1-18(19-6-4-3-5-7-19)31-27-30-17-14-23(32-27)25-24(20-8-10-21(28)11-9-20)26(35)33(2)34(25)22-12-15-29-16-13-22;3-2(4,5)1(6)7/h3-11,14,17-18,22,29H,12-13,15-16H2,1-2H3,(H,30,31,32);(H,6,7)/t18-;/m0./s1. The van der Waals surface area contributed by atoms with Crippen LogP contribution < -0.4 is 16.2 Å². The van der Waals surface area contributed by atoms with Crippen molar-refractivity contribution in [2.24, 2.45) is 7.05 Å². The molecule has 1 saturated heterocycles. The largest absolute Gasteiger partial charge is 0.490 e. The second-order valence-corrected chi connectivity index (χ2v) is 9.73. The molecule has 2 aromatic heterocycles. The molecule has 9 nitrogen and oxygen atoms in total. The average molecular weight is 587 g/mol. The van der Waals surface area contributed by atoms with Crippen molar-refractivity contribution in [1.29, 1.82) is 0 Å². The number of hydrogen-bond acceptors (Lipinski definition) is 6. The highest BCUT2D eigenvalue weighted by Gasteiger charge is 2.38. The number of piperidine rings is 1. The number of benzene rings is 2. The highest BCUT2D eigenvalue weighted by molar-refractivity contribution is 5.79. The minimum Gasteiger partial charge on any atom is -0.475 e. The van der Waals surface area contributed by atoms with Gasteiger partial charge in [0, 0.05) is 13.2 Å². The summed E-state index contributed by atoms with van der Waals surface area (Å²) in [5.41, 5.74) is 3.56. The summed E-state index contributed by atoms with van der Waals surface area (Å²) in [5.74, 6) is -2.61. The minimum atomic E-state index is -5.08. The van der Waals surface area contributed by atoms with Crippen LogP contribution in [-0.4, -0.2) is 49.7 Å². The third-order valence-electron chi connectivity index (χ3n) is 6.87. The molecule has 0 bridgehead atoms. The first-order valence-electron chi connectivity index (χ1n) is 13.2. The fourth-order valence-electron chi connectivity index (χ4n) is 4.81. The Bertz CT molecular complexity index is 1560. The molecule has 5 rings (SSSR count). The molecular weight excluding hydrogens is 556 g/mol. The van der Waals surface area contributed by atoms with Gasteiger partial charge in [-0.1, -0.05) is 42.5 Å².